The van der Waals surface area contributed by atoms with Crippen LogP contribution in [0, 0.1) is 5.92 Å². The zero-order valence-corrected chi connectivity index (χ0v) is 10.1. The average molecular weight is 255 g/mol. The van der Waals surface area contributed by atoms with Gasteiger partial charge in [0, 0.05) is 5.02 Å². The SMILES string of the molecule is NC(=O)N(O)CC1CC(c2ccc(Cl)cc2)C1. The van der Waals surface area contributed by atoms with Gasteiger partial charge in [0.25, 0.3) is 0 Å². The third-order valence-electron chi connectivity index (χ3n) is 3.26. The van der Waals surface area contributed by atoms with Crippen LogP contribution in [-0.2, 0) is 0 Å². The Morgan fingerprint density at radius 3 is 2.53 bits per heavy atom. The fraction of sp³-hybridized carbons (Fsp3) is 0.417. The lowest BCUT2D eigenvalue weighted by Crippen LogP contribution is -2.39. The topological polar surface area (TPSA) is 66.6 Å². The third kappa shape index (κ3) is 2.90. The Morgan fingerprint density at radius 1 is 1.41 bits per heavy atom. The quantitative estimate of drug-likeness (QED) is 0.643. The molecule has 1 saturated carbocycles. The van der Waals surface area contributed by atoms with Crippen molar-refractivity contribution in [2.45, 2.75) is 18.8 Å². The number of hydroxylamine groups is 2. The Balaban J connectivity index is 1.83. The van der Waals surface area contributed by atoms with E-state index < -0.39 is 6.03 Å². The molecule has 2 amide bonds. The van der Waals surface area contributed by atoms with Crippen LogP contribution in [0.25, 0.3) is 0 Å². The molecule has 17 heavy (non-hydrogen) atoms. The maximum atomic E-state index is 10.6. The van der Waals surface area contributed by atoms with Gasteiger partial charge in [0.1, 0.15) is 0 Å². The van der Waals surface area contributed by atoms with Gasteiger partial charge in [-0.3, -0.25) is 5.21 Å². The average Bonchev–Trinajstić information content (AvgIpc) is 2.24. The predicted octanol–water partition coefficient (Wildman–Crippen LogP) is 2.60. The summed E-state index contributed by atoms with van der Waals surface area (Å²) >= 11 is 5.82. The van der Waals surface area contributed by atoms with Crippen molar-refractivity contribution in [3.8, 4) is 0 Å². The summed E-state index contributed by atoms with van der Waals surface area (Å²) in [5, 5.41) is 10.5. The first-order valence-corrected chi connectivity index (χ1v) is 5.95. The van der Waals surface area contributed by atoms with Gasteiger partial charge in [0.2, 0.25) is 0 Å². The van der Waals surface area contributed by atoms with Crippen molar-refractivity contribution in [3.63, 3.8) is 0 Å². The third-order valence-corrected chi connectivity index (χ3v) is 3.51. The van der Waals surface area contributed by atoms with Crippen LogP contribution >= 0.6 is 11.6 Å². The van der Waals surface area contributed by atoms with E-state index in [4.69, 9.17) is 17.3 Å². The Hall–Kier alpha value is -1.26. The molecule has 1 aliphatic carbocycles. The summed E-state index contributed by atoms with van der Waals surface area (Å²) < 4.78 is 0. The van der Waals surface area contributed by atoms with E-state index in [9.17, 15) is 10.0 Å². The van der Waals surface area contributed by atoms with Crippen LogP contribution in [-0.4, -0.2) is 22.8 Å². The second-order valence-electron chi connectivity index (χ2n) is 4.51. The van der Waals surface area contributed by atoms with Crippen LogP contribution < -0.4 is 5.73 Å². The van der Waals surface area contributed by atoms with Gasteiger partial charge in [-0.1, -0.05) is 23.7 Å². The normalized spacial score (nSPS) is 22.9. The van der Waals surface area contributed by atoms with Crippen LogP contribution in [0.4, 0.5) is 4.79 Å². The summed E-state index contributed by atoms with van der Waals surface area (Å²) in [6, 6.07) is 7.01. The zero-order valence-electron chi connectivity index (χ0n) is 9.34. The molecular weight excluding hydrogens is 240 g/mol. The molecule has 4 nitrogen and oxygen atoms in total. The van der Waals surface area contributed by atoms with Gasteiger partial charge in [0.05, 0.1) is 6.54 Å². The summed E-state index contributed by atoms with van der Waals surface area (Å²) in [5.74, 6) is 0.826. The molecule has 0 spiro atoms. The van der Waals surface area contributed by atoms with Crippen molar-refractivity contribution < 1.29 is 10.0 Å². The number of urea groups is 1. The number of benzene rings is 1. The lowest BCUT2D eigenvalue weighted by molar-refractivity contribution is -0.0604. The summed E-state index contributed by atoms with van der Waals surface area (Å²) in [6.45, 7) is 0.319. The Morgan fingerprint density at radius 2 is 2.00 bits per heavy atom. The lowest BCUT2D eigenvalue weighted by atomic mass is 9.71. The van der Waals surface area contributed by atoms with E-state index in [2.05, 4.69) is 0 Å². The van der Waals surface area contributed by atoms with E-state index in [-0.39, 0.29) is 0 Å². The first-order chi connectivity index (χ1) is 8.06. The van der Waals surface area contributed by atoms with Crippen LogP contribution in [0.3, 0.4) is 0 Å². The standard InChI is InChI=1S/C12H15ClN2O2/c13-11-3-1-9(2-4-11)10-5-8(6-10)7-15(17)12(14)16/h1-4,8,10,17H,5-7H2,(H2,14,16). The molecule has 1 aromatic rings. The van der Waals surface area contributed by atoms with Gasteiger partial charge >= 0.3 is 6.03 Å². The summed E-state index contributed by atoms with van der Waals surface area (Å²) in [7, 11) is 0. The zero-order chi connectivity index (χ0) is 12.4. The molecule has 1 aliphatic rings. The van der Waals surface area contributed by atoms with E-state index in [0.717, 1.165) is 17.9 Å². The second kappa shape index (κ2) is 4.94. The summed E-state index contributed by atoms with van der Waals surface area (Å²) in [5.41, 5.74) is 6.21. The van der Waals surface area contributed by atoms with E-state index in [0.29, 0.717) is 23.4 Å². The van der Waals surface area contributed by atoms with E-state index in [1.807, 2.05) is 24.3 Å². The molecule has 0 atom stereocenters. The van der Waals surface area contributed by atoms with Gasteiger partial charge in [-0.15, -0.1) is 0 Å². The molecule has 1 fully saturated rings. The number of hydrogen-bond donors (Lipinski definition) is 2. The fourth-order valence-corrected chi connectivity index (χ4v) is 2.35. The minimum Gasteiger partial charge on any atom is -0.350 e. The molecule has 2 rings (SSSR count). The molecular formula is C12H15ClN2O2. The molecule has 0 aromatic heterocycles. The molecule has 0 heterocycles. The maximum absolute atomic E-state index is 10.6. The molecule has 92 valence electrons. The Bertz CT molecular complexity index is 401. The maximum Gasteiger partial charge on any atom is 0.338 e. The van der Waals surface area contributed by atoms with Crippen molar-refractivity contribution in [1.82, 2.24) is 5.06 Å². The van der Waals surface area contributed by atoms with Crippen molar-refractivity contribution in [1.29, 1.82) is 0 Å². The number of hydrogen-bond acceptors (Lipinski definition) is 2. The molecule has 0 bridgehead atoms. The van der Waals surface area contributed by atoms with Crippen LogP contribution in [0.2, 0.25) is 5.02 Å². The van der Waals surface area contributed by atoms with Crippen LogP contribution in [0.5, 0.6) is 0 Å². The van der Waals surface area contributed by atoms with E-state index >= 15 is 0 Å². The number of nitrogens with two attached hydrogens (primary N) is 1. The Kier molecular flexibility index (Phi) is 3.54. The molecule has 1 aromatic carbocycles. The lowest BCUT2D eigenvalue weighted by Gasteiger charge is -2.36. The monoisotopic (exact) mass is 254 g/mol. The van der Waals surface area contributed by atoms with Crippen LogP contribution in [0.15, 0.2) is 24.3 Å². The van der Waals surface area contributed by atoms with Gasteiger partial charge in [-0.25, -0.2) is 9.86 Å². The number of primary amides is 1. The highest BCUT2D eigenvalue weighted by molar-refractivity contribution is 6.30. The largest absolute Gasteiger partial charge is 0.350 e. The first-order valence-electron chi connectivity index (χ1n) is 5.57. The van der Waals surface area contributed by atoms with Crippen molar-refractivity contribution >= 4 is 17.6 Å². The number of rotatable bonds is 3. The smallest absolute Gasteiger partial charge is 0.338 e. The van der Waals surface area contributed by atoms with Crippen molar-refractivity contribution in [3.05, 3.63) is 34.9 Å². The molecule has 0 radical (unpaired) electrons. The summed E-state index contributed by atoms with van der Waals surface area (Å²) in [4.78, 5) is 10.6. The van der Waals surface area contributed by atoms with Gasteiger partial charge in [-0.05, 0) is 42.4 Å². The van der Waals surface area contributed by atoms with Gasteiger partial charge < -0.3 is 5.73 Å². The van der Waals surface area contributed by atoms with Gasteiger partial charge in [-0.2, -0.15) is 0 Å². The molecule has 5 heteroatoms. The van der Waals surface area contributed by atoms with Crippen molar-refractivity contribution in [2.24, 2.45) is 11.7 Å². The highest BCUT2D eigenvalue weighted by Gasteiger charge is 2.31. The number of carbonyl (C=O) groups is 1. The predicted molar refractivity (Wildman–Crippen MR) is 65.0 cm³/mol. The molecule has 0 aliphatic heterocycles. The molecule has 3 N–H and O–H groups in total. The highest BCUT2D eigenvalue weighted by atomic mass is 35.5. The first kappa shape index (κ1) is 12.2. The highest BCUT2D eigenvalue weighted by Crippen LogP contribution is 2.41. The summed E-state index contributed by atoms with van der Waals surface area (Å²) in [6.07, 6.45) is 1.93. The fourth-order valence-electron chi connectivity index (χ4n) is 2.23. The molecule has 0 unspecified atom stereocenters. The minimum absolute atomic E-state index is 0.319. The van der Waals surface area contributed by atoms with Crippen molar-refractivity contribution in [2.75, 3.05) is 6.54 Å². The van der Waals surface area contributed by atoms with E-state index in [1.54, 1.807) is 0 Å². The van der Waals surface area contributed by atoms with Crippen LogP contribution in [0.1, 0.15) is 24.3 Å². The number of nitrogens with zero attached hydrogens (tertiary/aromatic N) is 1. The number of halogens is 1. The molecule has 0 saturated heterocycles. The van der Waals surface area contributed by atoms with Gasteiger partial charge in [0.15, 0.2) is 0 Å². The second-order valence-corrected chi connectivity index (χ2v) is 4.94. The minimum atomic E-state index is -0.792. The van der Waals surface area contributed by atoms with E-state index in [1.165, 1.54) is 5.56 Å². The Labute approximate surface area is 105 Å². The number of carbonyl (C=O) groups excluding carboxylic acids is 1. The number of amides is 2.